The summed E-state index contributed by atoms with van der Waals surface area (Å²) in [7, 11) is 0. The van der Waals surface area contributed by atoms with E-state index < -0.39 is 0 Å². The Labute approximate surface area is 72.6 Å². The summed E-state index contributed by atoms with van der Waals surface area (Å²) in [6, 6.07) is 4.05. The van der Waals surface area contributed by atoms with Crippen LogP contribution in [-0.4, -0.2) is 13.1 Å². The molecule has 0 saturated carbocycles. The molecule has 0 unspecified atom stereocenters. The molecule has 10 heavy (non-hydrogen) atoms. The van der Waals surface area contributed by atoms with Crippen molar-refractivity contribution in [3.8, 4) is 0 Å². The Balaban J connectivity index is 2.42. The lowest BCUT2D eigenvalue weighted by Gasteiger charge is -1.97. The second-order valence-electron chi connectivity index (χ2n) is 1.82. The van der Waals surface area contributed by atoms with Gasteiger partial charge in [0.2, 0.25) is 0 Å². The summed E-state index contributed by atoms with van der Waals surface area (Å²) < 4.78 is 1.15. The first kappa shape index (κ1) is 8.04. The predicted molar refractivity (Wildman–Crippen MR) is 49.6 cm³/mol. The third kappa shape index (κ3) is 2.28. The molecule has 0 aromatic carbocycles. The molecule has 1 aromatic heterocycles. The second kappa shape index (κ2) is 3.95. The normalized spacial score (nSPS) is 9.80. The van der Waals surface area contributed by atoms with Gasteiger partial charge < -0.3 is 11.1 Å². The van der Waals surface area contributed by atoms with Gasteiger partial charge in [0.25, 0.3) is 0 Å². The largest absolute Gasteiger partial charge is 0.376 e. The SMILES string of the molecule is NCCNc1ccc(Br)s1. The van der Waals surface area contributed by atoms with Crippen LogP contribution in [0.5, 0.6) is 0 Å². The molecule has 0 fully saturated rings. The Kier molecular flexibility index (Phi) is 3.18. The number of nitrogens with two attached hydrogens (primary N) is 1. The summed E-state index contributed by atoms with van der Waals surface area (Å²) in [5.74, 6) is 0. The maximum absolute atomic E-state index is 5.31. The number of rotatable bonds is 3. The van der Waals surface area contributed by atoms with Crippen molar-refractivity contribution in [2.75, 3.05) is 18.4 Å². The number of hydrogen-bond acceptors (Lipinski definition) is 3. The molecule has 0 aliphatic carbocycles. The van der Waals surface area contributed by atoms with Crippen molar-refractivity contribution in [3.05, 3.63) is 15.9 Å². The van der Waals surface area contributed by atoms with Gasteiger partial charge in [-0.2, -0.15) is 0 Å². The van der Waals surface area contributed by atoms with E-state index in [1.807, 2.05) is 12.1 Å². The maximum atomic E-state index is 5.31. The quantitative estimate of drug-likeness (QED) is 0.817. The number of thiophene rings is 1. The standard InChI is InChI=1S/C6H9BrN2S/c7-5-1-2-6(10-5)9-4-3-8/h1-2,9H,3-4,8H2. The third-order valence-electron chi connectivity index (χ3n) is 1.02. The van der Waals surface area contributed by atoms with Crippen LogP contribution in [0.1, 0.15) is 0 Å². The van der Waals surface area contributed by atoms with E-state index in [9.17, 15) is 0 Å². The fourth-order valence-electron chi connectivity index (χ4n) is 0.605. The molecule has 3 N–H and O–H groups in total. The molecule has 0 saturated heterocycles. The van der Waals surface area contributed by atoms with E-state index in [2.05, 4.69) is 21.2 Å². The highest BCUT2D eigenvalue weighted by molar-refractivity contribution is 9.11. The average molecular weight is 221 g/mol. The summed E-state index contributed by atoms with van der Waals surface area (Å²) >= 11 is 5.05. The van der Waals surface area contributed by atoms with Crippen LogP contribution >= 0.6 is 27.3 Å². The first-order valence-electron chi connectivity index (χ1n) is 3.02. The van der Waals surface area contributed by atoms with Gasteiger partial charge in [0.15, 0.2) is 0 Å². The molecule has 1 heterocycles. The molecule has 1 aromatic rings. The van der Waals surface area contributed by atoms with Gasteiger partial charge in [-0.15, -0.1) is 11.3 Å². The van der Waals surface area contributed by atoms with E-state index in [4.69, 9.17) is 5.73 Å². The molecule has 0 aliphatic rings. The minimum atomic E-state index is 0.676. The van der Waals surface area contributed by atoms with Gasteiger partial charge in [-0.25, -0.2) is 0 Å². The van der Waals surface area contributed by atoms with Gasteiger partial charge in [0.1, 0.15) is 0 Å². The van der Waals surface area contributed by atoms with E-state index in [1.54, 1.807) is 11.3 Å². The van der Waals surface area contributed by atoms with Crippen LogP contribution in [0.25, 0.3) is 0 Å². The van der Waals surface area contributed by atoms with Gasteiger partial charge in [-0.05, 0) is 28.1 Å². The first-order chi connectivity index (χ1) is 4.83. The topological polar surface area (TPSA) is 38.0 Å². The molecular formula is C6H9BrN2S. The molecule has 0 radical (unpaired) electrons. The van der Waals surface area contributed by atoms with Crippen LogP contribution in [0.2, 0.25) is 0 Å². The molecule has 0 amide bonds. The highest BCUT2D eigenvalue weighted by atomic mass is 79.9. The van der Waals surface area contributed by atoms with Gasteiger partial charge in [0, 0.05) is 13.1 Å². The summed E-state index contributed by atoms with van der Waals surface area (Å²) in [5, 5.41) is 4.34. The van der Waals surface area contributed by atoms with Crippen LogP contribution in [0.3, 0.4) is 0 Å². The first-order valence-corrected chi connectivity index (χ1v) is 4.63. The summed E-state index contributed by atoms with van der Waals surface area (Å²) in [4.78, 5) is 0. The monoisotopic (exact) mass is 220 g/mol. The fourth-order valence-corrected chi connectivity index (χ4v) is 1.92. The van der Waals surface area contributed by atoms with E-state index in [-0.39, 0.29) is 0 Å². The third-order valence-corrected chi connectivity index (χ3v) is 2.60. The Bertz CT molecular complexity index is 199. The van der Waals surface area contributed by atoms with Gasteiger partial charge in [-0.3, -0.25) is 0 Å². The van der Waals surface area contributed by atoms with Crippen molar-refractivity contribution in [3.63, 3.8) is 0 Å². The van der Waals surface area contributed by atoms with Crippen LogP contribution in [0.15, 0.2) is 15.9 Å². The Morgan fingerprint density at radius 1 is 1.60 bits per heavy atom. The molecule has 4 heteroatoms. The van der Waals surface area contributed by atoms with Crippen molar-refractivity contribution < 1.29 is 0 Å². The molecule has 56 valence electrons. The minimum absolute atomic E-state index is 0.676. The molecule has 2 nitrogen and oxygen atoms in total. The van der Waals surface area contributed by atoms with E-state index >= 15 is 0 Å². The second-order valence-corrected chi connectivity index (χ2v) is 4.28. The predicted octanol–water partition coefficient (Wildman–Crippen LogP) is 1.88. The molecule has 0 aliphatic heterocycles. The lowest BCUT2D eigenvalue weighted by molar-refractivity contribution is 1.03. The Morgan fingerprint density at radius 2 is 2.40 bits per heavy atom. The zero-order valence-corrected chi connectivity index (χ0v) is 7.83. The Hall–Kier alpha value is -0.0600. The van der Waals surface area contributed by atoms with Gasteiger partial charge in [-0.1, -0.05) is 0 Å². The fraction of sp³-hybridized carbons (Fsp3) is 0.333. The summed E-state index contributed by atoms with van der Waals surface area (Å²) in [6.45, 7) is 1.52. The summed E-state index contributed by atoms with van der Waals surface area (Å²) in [6.07, 6.45) is 0. The highest BCUT2D eigenvalue weighted by Crippen LogP contribution is 2.25. The molecule has 0 bridgehead atoms. The Morgan fingerprint density at radius 3 is 2.90 bits per heavy atom. The van der Waals surface area contributed by atoms with Gasteiger partial charge >= 0.3 is 0 Å². The van der Waals surface area contributed by atoms with Crippen LogP contribution in [0, 0.1) is 0 Å². The van der Waals surface area contributed by atoms with Crippen molar-refractivity contribution in [2.24, 2.45) is 5.73 Å². The number of hydrogen-bond donors (Lipinski definition) is 2. The van der Waals surface area contributed by atoms with E-state index in [0.29, 0.717) is 6.54 Å². The van der Waals surface area contributed by atoms with Crippen LogP contribution < -0.4 is 11.1 Å². The van der Waals surface area contributed by atoms with Crippen molar-refractivity contribution in [1.29, 1.82) is 0 Å². The zero-order valence-electron chi connectivity index (χ0n) is 5.43. The smallest absolute Gasteiger partial charge is 0.0894 e. The highest BCUT2D eigenvalue weighted by Gasteiger charge is 1.93. The molecule has 0 atom stereocenters. The lowest BCUT2D eigenvalue weighted by atomic mass is 10.6. The maximum Gasteiger partial charge on any atom is 0.0894 e. The number of nitrogens with one attached hydrogen (secondary N) is 1. The van der Waals surface area contributed by atoms with Crippen molar-refractivity contribution in [1.82, 2.24) is 0 Å². The van der Waals surface area contributed by atoms with Crippen molar-refractivity contribution >= 4 is 32.3 Å². The minimum Gasteiger partial charge on any atom is -0.376 e. The summed E-state index contributed by atoms with van der Waals surface area (Å²) in [5.41, 5.74) is 5.31. The number of halogens is 1. The average Bonchev–Trinajstić information content (AvgIpc) is 2.31. The van der Waals surface area contributed by atoms with E-state index in [1.165, 1.54) is 0 Å². The molecule has 0 spiro atoms. The molecule has 1 rings (SSSR count). The van der Waals surface area contributed by atoms with Crippen LogP contribution in [0.4, 0.5) is 5.00 Å². The van der Waals surface area contributed by atoms with Crippen molar-refractivity contribution in [2.45, 2.75) is 0 Å². The molecular weight excluding hydrogens is 212 g/mol. The van der Waals surface area contributed by atoms with Gasteiger partial charge in [0.05, 0.1) is 8.79 Å². The van der Waals surface area contributed by atoms with E-state index in [0.717, 1.165) is 15.3 Å². The number of anilines is 1. The lowest BCUT2D eigenvalue weighted by Crippen LogP contribution is -2.12. The zero-order chi connectivity index (χ0) is 7.40. The van der Waals surface area contributed by atoms with Crippen LogP contribution in [-0.2, 0) is 0 Å².